The maximum absolute atomic E-state index is 11.6. The highest BCUT2D eigenvalue weighted by atomic mass is 16.7. The summed E-state index contributed by atoms with van der Waals surface area (Å²) < 4.78 is 28.3. The predicted octanol–water partition coefficient (Wildman–Crippen LogP) is 2.60. The van der Waals surface area contributed by atoms with Gasteiger partial charge >= 0.3 is 11.9 Å². The molecule has 146 valence electrons. The Morgan fingerprint density at radius 3 is 1.84 bits per heavy atom. The molecule has 0 bridgehead atoms. The van der Waals surface area contributed by atoms with Crippen molar-refractivity contribution in [3.63, 3.8) is 0 Å². The molecule has 0 spiro atoms. The summed E-state index contributed by atoms with van der Waals surface area (Å²) in [6, 6.07) is 0. The van der Waals surface area contributed by atoms with Gasteiger partial charge in [-0.3, -0.25) is 9.59 Å². The first-order valence-corrected chi connectivity index (χ1v) is 9.13. The van der Waals surface area contributed by atoms with Gasteiger partial charge in [-0.1, -0.05) is 26.7 Å². The summed E-state index contributed by atoms with van der Waals surface area (Å²) in [5, 5.41) is 0. The number of hydrogen-bond acceptors (Lipinski definition) is 7. The highest BCUT2D eigenvalue weighted by Gasteiger charge is 2.49. The number of ether oxygens (including phenoxy) is 5. The van der Waals surface area contributed by atoms with Crippen molar-refractivity contribution in [3.05, 3.63) is 0 Å². The van der Waals surface area contributed by atoms with Gasteiger partial charge in [-0.15, -0.1) is 0 Å². The molecule has 0 radical (unpaired) electrons. The van der Waals surface area contributed by atoms with Crippen LogP contribution in [-0.2, 0) is 33.3 Å². The van der Waals surface area contributed by atoms with Crippen molar-refractivity contribution < 1.29 is 33.3 Å². The van der Waals surface area contributed by atoms with E-state index >= 15 is 0 Å². The summed E-state index contributed by atoms with van der Waals surface area (Å²) in [5.74, 6) is -0.997. The molecule has 0 aromatic rings. The Labute approximate surface area is 150 Å². The molecule has 1 rings (SSSR count). The van der Waals surface area contributed by atoms with E-state index in [9.17, 15) is 9.59 Å². The zero-order valence-corrected chi connectivity index (χ0v) is 16.0. The van der Waals surface area contributed by atoms with Crippen LogP contribution in [0, 0.1) is 0 Å². The lowest BCUT2D eigenvalue weighted by Gasteiger charge is -2.44. The Morgan fingerprint density at radius 1 is 0.840 bits per heavy atom. The van der Waals surface area contributed by atoms with E-state index in [4.69, 9.17) is 23.7 Å². The second-order valence-corrected chi connectivity index (χ2v) is 6.27. The van der Waals surface area contributed by atoms with Crippen molar-refractivity contribution in [1.82, 2.24) is 0 Å². The molecular weight excluding hydrogens is 328 g/mol. The van der Waals surface area contributed by atoms with E-state index in [-0.39, 0.29) is 6.10 Å². The van der Waals surface area contributed by atoms with Gasteiger partial charge in [0.25, 0.3) is 0 Å². The van der Waals surface area contributed by atoms with Gasteiger partial charge in [0.05, 0.1) is 6.10 Å². The van der Waals surface area contributed by atoms with E-state index < -0.39 is 36.5 Å². The molecule has 5 atom stereocenters. The minimum Gasteiger partial charge on any atom is -0.453 e. The van der Waals surface area contributed by atoms with E-state index in [2.05, 4.69) is 13.8 Å². The number of unbranched alkanes of at least 4 members (excludes halogenated alkanes) is 2. The fraction of sp³-hybridized carbons (Fsp3) is 0.889. The van der Waals surface area contributed by atoms with Crippen LogP contribution >= 0.6 is 0 Å². The number of hydrogen-bond donors (Lipinski definition) is 0. The van der Waals surface area contributed by atoms with E-state index in [0.717, 1.165) is 25.7 Å². The molecule has 0 N–H and O–H groups in total. The first-order valence-electron chi connectivity index (χ1n) is 9.13. The average Bonchev–Trinajstić information content (AvgIpc) is 2.52. The van der Waals surface area contributed by atoms with Crippen LogP contribution in [0.4, 0.5) is 0 Å². The monoisotopic (exact) mass is 360 g/mol. The smallest absolute Gasteiger partial charge is 0.305 e. The van der Waals surface area contributed by atoms with Crippen molar-refractivity contribution in [2.75, 3.05) is 13.2 Å². The Balaban J connectivity index is 2.97. The van der Waals surface area contributed by atoms with Crippen molar-refractivity contribution in [2.45, 2.75) is 91.0 Å². The fourth-order valence-corrected chi connectivity index (χ4v) is 2.70. The van der Waals surface area contributed by atoms with Gasteiger partial charge in [0.15, 0.2) is 6.10 Å². The average molecular weight is 360 g/mol. The Morgan fingerprint density at radius 2 is 1.36 bits per heavy atom. The van der Waals surface area contributed by atoms with Gasteiger partial charge in [-0.25, -0.2) is 0 Å². The number of carbonyl (C=O) groups is 2. The van der Waals surface area contributed by atoms with Crippen LogP contribution in [0.5, 0.6) is 0 Å². The van der Waals surface area contributed by atoms with E-state index in [1.807, 2.05) is 6.92 Å². The number of carbonyl (C=O) groups excluding carboxylic acids is 2. The van der Waals surface area contributed by atoms with E-state index in [0.29, 0.717) is 13.2 Å². The molecule has 1 fully saturated rings. The van der Waals surface area contributed by atoms with Gasteiger partial charge in [-0.05, 0) is 19.8 Å². The predicted molar refractivity (Wildman–Crippen MR) is 91.0 cm³/mol. The van der Waals surface area contributed by atoms with Crippen molar-refractivity contribution >= 4 is 11.9 Å². The Kier molecular flexibility index (Phi) is 10.0. The lowest BCUT2D eigenvalue weighted by Crippen LogP contribution is -2.60. The normalized spacial score (nSPS) is 29.2. The van der Waals surface area contributed by atoms with E-state index in [1.54, 1.807) is 0 Å². The third-order valence-electron chi connectivity index (χ3n) is 3.93. The Hall–Kier alpha value is -1.18. The molecule has 0 aromatic heterocycles. The highest BCUT2D eigenvalue weighted by molar-refractivity contribution is 5.67. The first kappa shape index (κ1) is 21.9. The van der Waals surface area contributed by atoms with E-state index in [1.165, 1.54) is 13.8 Å². The van der Waals surface area contributed by atoms with Crippen LogP contribution in [0.1, 0.15) is 60.3 Å². The maximum atomic E-state index is 11.6. The molecule has 1 aliphatic rings. The first-order chi connectivity index (χ1) is 11.9. The summed E-state index contributed by atoms with van der Waals surface area (Å²) in [7, 11) is 0. The lowest BCUT2D eigenvalue weighted by molar-refractivity contribution is -0.301. The van der Waals surface area contributed by atoms with Crippen LogP contribution in [0.15, 0.2) is 0 Å². The zero-order chi connectivity index (χ0) is 18.8. The quantitative estimate of drug-likeness (QED) is 0.437. The number of esters is 2. The SMILES string of the molecule is CCCCOC1[C@@H](OCCCC)C(C)O[C@@H](OC(C)=O)[C@H]1OC(C)=O. The fourth-order valence-electron chi connectivity index (χ4n) is 2.70. The molecule has 7 nitrogen and oxygen atoms in total. The van der Waals surface area contributed by atoms with Crippen molar-refractivity contribution in [3.8, 4) is 0 Å². The second kappa shape index (κ2) is 11.4. The van der Waals surface area contributed by atoms with Crippen molar-refractivity contribution in [1.29, 1.82) is 0 Å². The van der Waals surface area contributed by atoms with Gasteiger partial charge < -0.3 is 23.7 Å². The van der Waals surface area contributed by atoms with Crippen LogP contribution in [0.2, 0.25) is 0 Å². The summed E-state index contributed by atoms with van der Waals surface area (Å²) in [6.45, 7) is 9.65. The third-order valence-corrected chi connectivity index (χ3v) is 3.93. The molecule has 1 heterocycles. The Bertz CT molecular complexity index is 412. The standard InChI is InChI=1S/C18H32O7/c1-6-8-10-21-15-12(3)23-18(25-14(5)20)17(24-13(4)19)16(15)22-11-9-7-2/h12,15-18H,6-11H2,1-5H3/t12?,15-,16?,17-,18-/m0/s1. The molecule has 0 saturated carbocycles. The molecule has 0 aromatic carbocycles. The highest BCUT2D eigenvalue weighted by Crippen LogP contribution is 2.29. The van der Waals surface area contributed by atoms with Gasteiger partial charge in [0.2, 0.25) is 6.29 Å². The molecular formula is C18H32O7. The minimum absolute atomic E-state index is 0.361. The summed E-state index contributed by atoms with van der Waals surface area (Å²) in [4.78, 5) is 22.9. The molecule has 1 aliphatic heterocycles. The largest absolute Gasteiger partial charge is 0.453 e. The molecule has 25 heavy (non-hydrogen) atoms. The van der Waals surface area contributed by atoms with Crippen LogP contribution < -0.4 is 0 Å². The molecule has 2 unspecified atom stereocenters. The summed E-state index contributed by atoms with van der Waals surface area (Å²) in [6.07, 6.45) is 0.586. The van der Waals surface area contributed by atoms with Gasteiger partial charge in [0.1, 0.15) is 12.2 Å². The van der Waals surface area contributed by atoms with Gasteiger partial charge in [-0.2, -0.15) is 0 Å². The number of rotatable bonds is 10. The summed E-state index contributed by atoms with van der Waals surface area (Å²) >= 11 is 0. The van der Waals surface area contributed by atoms with Crippen molar-refractivity contribution in [2.24, 2.45) is 0 Å². The second-order valence-electron chi connectivity index (χ2n) is 6.27. The third kappa shape index (κ3) is 7.30. The molecule has 0 amide bonds. The van der Waals surface area contributed by atoms with Gasteiger partial charge in [0, 0.05) is 27.1 Å². The summed E-state index contributed by atoms with van der Waals surface area (Å²) in [5.41, 5.74) is 0. The molecule has 1 saturated heterocycles. The zero-order valence-electron chi connectivity index (χ0n) is 16.0. The maximum Gasteiger partial charge on any atom is 0.305 e. The topological polar surface area (TPSA) is 80.3 Å². The lowest BCUT2D eigenvalue weighted by atomic mass is 9.98. The molecule has 0 aliphatic carbocycles. The molecule has 7 heteroatoms. The minimum atomic E-state index is -1.01. The van der Waals surface area contributed by atoms with Crippen LogP contribution in [-0.4, -0.2) is 55.9 Å². The van der Waals surface area contributed by atoms with Crippen LogP contribution in [0.3, 0.4) is 0 Å². The van der Waals surface area contributed by atoms with Crippen LogP contribution in [0.25, 0.3) is 0 Å².